The van der Waals surface area contributed by atoms with E-state index >= 15 is 0 Å². The van der Waals surface area contributed by atoms with E-state index in [1.807, 2.05) is 30.5 Å². The molecule has 2 heterocycles. The first kappa shape index (κ1) is 12.7. The van der Waals surface area contributed by atoms with Gasteiger partial charge in [-0.05, 0) is 36.4 Å². The third kappa shape index (κ3) is 2.07. The fourth-order valence-electron chi connectivity index (χ4n) is 2.46. The van der Waals surface area contributed by atoms with Crippen molar-refractivity contribution in [1.29, 1.82) is 5.26 Å². The van der Waals surface area contributed by atoms with Crippen LogP contribution in [-0.4, -0.2) is 15.0 Å². The molecular formula is C16H10ClN5. The third-order valence-electron chi connectivity index (χ3n) is 3.49. The number of imidazole rings is 1. The van der Waals surface area contributed by atoms with E-state index in [1.54, 1.807) is 12.1 Å². The maximum absolute atomic E-state index is 8.93. The molecular weight excluding hydrogens is 298 g/mol. The number of hydrogen-bond acceptors (Lipinski definition) is 3. The minimum absolute atomic E-state index is 0.585. The van der Waals surface area contributed by atoms with E-state index in [9.17, 15) is 0 Å². The summed E-state index contributed by atoms with van der Waals surface area (Å²) >= 11 is 6.26. The Morgan fingerprint density at radius 2 is 2.05 bits per heavy atom. The number of H-pyrrole nitrogens is 2. The lowest BCUT2D eigenvalue weighted by molar-refractivity contribution is 1.31. The van der Waals surface area contributed by atoms with Gasteiger partial charge in [-0.2, -0.15) is 5.26 Å². The van der Waals surface area contributed by atoms with Gasteiger partial charge in [-0.1, -0.05) is 11.6 Å². The van der Waals surface area contributed by atoms with Crippen LogP contribution in [0.2, 0.25) is 5.02 Å². The van der Waals surface area contributed by atoms with Gasteiger partial charge in [-0.15, -0.1) is 0 Å². The van der Waals surface area contributed by atoms with Crippen LogP contribution in [0.4, 0.5) is 11.6 Å². The number of fused-ring (bicyclic) bond motifs is 2. The summed E-state index contributed by atoms with van der Waals surface area (Å²) in [4.78, 5) is 10.8. The maximum Gasteiger partial charge on any atom is 0.205 e. The van der Waals surface area contributed by atoms with E-state index in [-0.39, 0.29) is 0 Å². The summed E-state index contributed by atoms with van der Waals surface area (Å²) in [6, 6.07) is 13.2. The second-order valence-corrected chi connectivity index (χ2v) is 5.36. The predicted octanol–water partition coefficient (Wildman–Crippen LogP) is 4.31. The summed E-state index contributed by atoms with van der Waals surface area (Å²) < 4.78 is 0. The van der Waals surface area contributed by atoms with Crippen molar-refractivity contribution in [1.82, 2.24) is 15.0 Å². The largest absolute Gasteiger partial charge is 0.361 e. The van der Waals surface area contributed by atoms with Gasteiger partial charge in [-0.25, -0.2) is 4.98 Å². The second kappa shape index (κ2) is 4.79. The molecule has 106 valence electrons. The smallest absolute Gasteiger partial charge is 0.205 e. The van der Waals surface area contributed by atoms with Gasteiger partial charge in [0.05, 0.1) is 27.7 Å². The van der Waals surface area contributed by atoms with Crippen LogP contribution >= 0.6 is 11.6 Å². The average molecular weight is 308 g/mol. The van der Waals surface area contributed by atoms with Crippen LogP contribution in [0.5, 0.6) is 0 Å². The minimum Gasteiger partial charge on any atom is -0.361 e. The average Bonchev–Trinajstić information content (AvgIpc) is 3.12. The predicted molar refractivity (Wildman–Crippen MR) is 87.4 cm³/mol. The van der Waals surface area contributed by atoms with Crippen LogP contribution in [0, 0.1) is 11.3 Å². The number of nitrogens with zero attached hydrogens (tertiary/aromatic N) is 2. The number of rotatable bonds is 2. The molecule has 0 saturated carbocycles. The lowest BCUT2D eigenvalue weighted by Gasteiger charge is -2.04. The van der Waals surface area contributed by atoms with Crippen LogP contribution in [0.15, 0.2) is 42.6 Å². The van der Waals surface area contributed by atoms with Crippen LogP contribution in [-0.2, 0) is 0 Å². The molecule has 0 fully saturated rings. The first-order valence-electron chi connectivity index (χ1n) is 6.66. The molecule has 6 heteroatoms. The van der Waals surface area contributed by atoms with Crippen molar-refractivity contribution in [3.05, 3.63) is 53.2 Å². The van der Waals surface area contributed by atoms with Crippen molar-refractivity contribution >= 4 is 45.2 Å². The molecule has 2 aromatic carbocycles. The molecule has 0 atom stereocenters. The van der Waals surface area contributed by atoms with Crippen molar-refractivity contribution in [2.24, 2.45) is 0 Å². The highest BCUT2D eigenvalue weighted by molar-refractivity contribution is 6.35. The van der Waals surface area contributed by atoms with Crippen LogP contribution in [0.1, 0.15) is 5.56 Å². The monoisotopic (exact) mass is 307 g/mol. The second-order valence-electron chi connectivity index (χ2n) is 4.95. The number of aromatic nitrogens is 3. The molecule has 0 aliphatic rings. The van der Waals surface area contributed by atoms with Crippen molar-refractivity contribution in [3.8, 4) is 6.07 Å². The molecule has 3 N–H and O–H groups in total. The highest BCUT2D eigenvalue weighted by Crippen LogP contribution is 2.28. The zero-order chi connectivity index (χ0) is 15.1. The van der Waals surface area contributed by atoms with Crippen LogP contribution in [0.3, 0.4) is 0 Å². The van der Waals surface area contributed by atoms with Crippen molar-refractivity contribution in [2.75, 3.05) is 5.32 Å². The maximum atomic E-state index is 8.93. The zero-order valence-corrected chi connectivity index (χ0v) is 12.1. The van der Waals surface area contributed by atoms with Gasteiger partial charge in [-0.3, -0.25) is 0 Å². The summed E-state index contributed by atoms with van der Waals surface area (Å²) in [5.41, 5.74) is 3.99. The summed E-state index contributed by atoms with van der Waals surface area (Å²) in [7, 11) is 0. The molecule has 4 rings (SSSR count). The van der Waals surface area contributed by atoms with Gasteiger partial charge in [0.15, 0.2) is 0 Å². The van der Waals surface area contributed by atoms with E-state index in [0.717, 1.165) is 27.6 Å². The number of anilines is 2. The Morgan fingerprint density at radius 1 is 1.14 bits per heavy atom. The van der Waals surface area contributed by atoms with E-state index in [1.165, 1.54) is 0 Å². The lowest BCUT2D eigenvalue weighted by atomic mass is 10.2. The van der Waals surface area contributed by atoms with Crippen LogP contribution in [0.25, 0.3) is 21.9 Å². The van der Waals surface area contributed by atoms with E-state index in [4.69, 9.17) is 16.9 Å². The lowest BCUT2D eigenvalue weighted by Crippen LogP contribution is -1.92. The molecule has 22 heavy (non-hydrogen) atoms. The first-order chi connectivity index (χ1) is 10.7. The molecule has 0 radical (unpaired) electrons. The van der Waals surface area contributed by atoms with E-state index in [0.29, 0.717) is 16.5 Å². The number of hydrogen-bond donors (Lipinski definition) is 3. The number of aromatic amines is 2. The summed E-state index contributed by atoms with van der Waals surface area (Å²) in [6.45, 7) is 0. The number of nitriles is 1. The van der Waals surface area contributed by atoms with E-state index < -0.39 is 0 Å². The number of halogens is 1. The molecule has 0 saturated heterocycles. The van der Waals surface area contributed by atoms with Gasteiger partial charge >= 0.3 is 0 Å². The Labute approximate surface area is 130 Å². The summed E-state index contributed by atoms with van der Waals surface area (Å²) in [5, 5.41) is 13.8. The molecule has 5 nitrogen and oxygen atoms in total. The molecule has 4 aromatic rings. The Kier molecular flexibility index (Phi) is 2.78. The Hall–Kier alpha value is -2.97. The highest BCUT2D eigenvalue weighted by Gasteiger charge is 2.07. The number of nitrogens with one attached hydrogen (secondary N) is 3. The normalized spacial score (nSPS) is 10.9. The van der Waals surface area contributed by atoms with E-state index in [2.05, 4.69) is 26.3 Å². The molecule has 0 unspecified atom stereocenters. The van der Waals surface area contributed by atoms with Crippen LogP contribution < -0.4 is 5.32 Å². The number of benzene rings is 2. The molecule has 0 amide bonds. The minimum atomic E-state index is 0.585. The Balaban J connectivity index is 1.74. The quantitative estimate of drug-likeness (QED) is 0.516. The van der Waals surface area contributed by atoms with Crippen molar-refractivity contribution in [3.63, 3.8) is 0 Å². The topological polar surface area (TPSA) is 80.3 Å². The molecule has 0 spiro atoms. The first-order valence-corrected chi connectivity index (χ1v) is 7.04. The van der Waals surface area contributed by atoms with Gasteiger partial charge in [0.1, 0.15) is 0 Å². The molecule has 2 aromatic heterocycles. The van der Waals surface area contributed by atoms with Gasteiger partial charge < -0.3 is 15.3 Å². The van der Waals surface area contributed by atoms with Gasteiger partial charge in [0.2, 0.25) is 5.95 Å². The standard InChI is InChI=1S/C16H10ClN5/c17-12-6-10(7-14-11(12)3-4-19-14)20-16-21-13-2-1-9(8-18)5-15(13)22-16/h1-7,19H,(H2,20,21,22). The molecule has 0 aliphatic heterocycles. The summed E-state index contributed by atoms with van der Waals surface area (Å²) in [6.07, 6.45) is 1.85. The zero-order valence-electron chi connectivity index (χ0n) is 11.3. The molecule has 0 bridgehead atoms. The van der Waals surface area contributed by atoms with Crippen molar-refractivity contribution in [2.45, 2.75) is 0 Å². The summed E-state index contributed by atoms with van der Waals surface area (Å²) in [5.74, 6) is 0.604. The van der Waals surface area contributed by atoms with Gasteiger partial charge in [0.25, 0.3) is 0 Å². The Morgan fingerprint density at radius 3 is 2.91 bits per heavy atom. The van der Waals surface area contributed by atoms with Gasteiger partial charge in [0, 0.05) is 22.8 Å². The Bertz CT molecular complexity index is 1040. The third-order valence-corrected chi connectivity index (χ3v) is 3.81. The SMILES string of the molecule is N#Cc1ccc2[nH]c(Nc3cc(Cl)c4cc[nH]c4c3)nc2c1. The molecule has 0 aliphatic carbocycles. The fourth-order valence-corrected chi connectivity index (χ4v) is 2.75. The highest BCUT2D eigenvalue weighted by atomic mass is 35.5. The fraction of sp³-hybridized carbons (Fsp3) is 0. The van der Waals surface area contributed by atoms with Crippen molar-refractivity contribution < 1.29 is 0 Å².